The van der Waals surface area contributed by atoms with E-state index >= 15 is 0 Å². The number of para-hydroxylation sites is 1. The third kappa shape index (κ3) is 7.48. The summed E-state index contributed by atoms with van der Waals surface area (Å²) in [5.41, 5.74) is 1.39. The highest BCUT2D eigenvalue weighted by Crippen LogP contribution is 2.28. The van der Waals surface area contributed by atoms with Gasteiger partial charge in [0.25, 0.3) is 0 Å². The minimum atomic E-state index is -0.575. The van der Waals surface area contributed by atoms with E-state index in [1.54, 1.807) is 7.11 Å². The van der Waals surface area contributed by atoms with Crippen LogP contribution < -0.4 is 9.47 Å². The van der Waals surface area contributed by atoms with E-state index in [-0.39, 0.29) is 18.2 Å². The molecule has 1 saturated heterocycles. The van der Waals surface area contributed by atoms with Gasteiger partial charge in [0.05, 0.1) is 33.5 Å². The molecule has 0 aromatic heterocycles. The number of carbonyl (C=O) groups is 2. The number of rotatable bonds is 9. The Balaban J connectivity index is 1.39. The highest BCUT2D eigenvalue weighted by molar-refractivity contribution is 5.90. The van der Waals surface area contributed by atoms with Crippen molar-refractivity contribution >= 4 is 11.9 Å². The van der Waals surface area contributed by atoms with Crippen molar-refractivity contribution in [2.24, 2.45) is 0 Å². The minimum absolute atomic E-state index is 0.0259. The van der Waals surface area contributed by atoms with Crippen LogP contribution in [0.2, 0.25) is 0 Å². The minimum Gasteiger partial charge on any atom is -0.496 e. The molecule has 1 amide bonds. The van der Waals surface area contributed by atoms with Crippen LogP contribution in [0.1, 0.15) is 50.7 Å². The molecule has 184 valence electrons. The van der Waals surface area contributed by atoms with Crippen molar-refractivity contribution in [2.75, 3.05) is 33.4 Å². The van der Waals surface area contributed by atoms with E-state index in [2.05, 4.69) is 0 Å². The van der Waals surface area contributed by atoms with E-state index in [4.69, 9.17) is 18.9 Å². The number of hydrogen-bond donors (Lipinski definition) is 0. The van der Waals surface area contributed by atoms with Crippen LogP contribution >= 0.6 is 0 Å². The van der Waals surface area contributed by atoms with Crippen molar-refractivity contribution in [3.05, 3.63) is 59.7 Å². The van der Waals surface area contributed by atoms with Crippen LogP contribution in [0.5, 0.6) is 11.5 Å². The van der Waals surface area contributed by atoms with E-state index in [0.29, 0.717) is 32.8 Å². The summed E-state index contributed by atoms with van der Waals surface area (Å²) in [6.07, 6.45) is 0.912. The van der Waals surface area contributed by atoms with Crippen LogP contribution in [-0.2, 0) is 20.9 Å². The summed E-state index contributed by atoms with van der Waals surface area (Å²) in [6, 6.07) is 15.4. The van der Waals surface area contributed by atoms with E-state index in [0.717, 1.165) is 29.0 Å². The predicted molar refractivity (Wildman–Crippen MR) is 129 cm³/mol. The smallest absolute Gasteiger partial charge is 0.410 e. The fraction of sp³-hybridized carbons (Fsp3) is 0.481. The topological polar surface area (TPSA) is 74.3 Å². The number of benzene rings is 2. The average molecular weight is 470 g/mol. The lowest BCUT2D eigenvalue weighted by atomic mass is 9.88. The fourth-order valence-corrected chi connectivity index (χ4v) is 3.81. The number of nitrogens with zero attached hydrogens (tertiary/aromatic N) is 1. The van der Waals surface area contributed by atoms with E-state index < -0.39 is 11.7 Å². The first-order valence-electron chi connectivity index (χ1n) is 11.7. The number of carbonyl (C=O) groups excluding carboxylic acids is 2. The summed E-state index contributed by atoms with van der Waals surface area (Å²) < 4.78 is 22.2. The lowest BCUT2D eigenvalue weighted by Crippen LogP contribution is -2.45. The molecule has 3 rings (SSSR count). The number of hydrogen-bond acceptors (Lipinski definition) is 6. The van der Waals surface area contributed by atoms with Gasteiger partial charge in [0.2, 0.25) is 0 Å². The van der Waals surface area contributed by atoms with Crippen molar-refractivity contribution in [3.8, 4) is 11.5 Å². The molecule has 7 heteroatoms. The molecule has 0 bridgehead atoms. The van der Waals surface area contributed by atoms with Gasteiger partial charge in [-0.15, -0.1) is 0 Å². The predicted octanol–water partition coefficient (Wildman–Crippen LogP) is 4.97. The molecule has 2 aromatic rings. The summed E-state index contributed by atoms with van der Waals surface area (Å²) in [7, 11) is 1.65. The maximum absolute atomic E-state index is 12.7. The Kier molecular flexibility index (Phi) is 8.93. The highest BCUT2D eigenvalue weighted by Gasteiger charge is 2.32. The molecule has 0 saturated carbocycles. The normalized spacial score (nSPS) is 16.3. The van der Waals surface area contributed by atoms with Crippen LogP contribution in [0, 0.1) is 0 Å². The van der Waals surface area contributed by atoms with Gasteiger partial charge >= 0.3 is 6.09 Å². The van der Waals surface area contributed by atoms with Crippen LogP contribution in [0.25, 0.3) is 0 Å². The molecular weight excluding hydrogens is 434 g/mol. The van der Waals surface area contributed by atoms with E-state index in [1.807, 2.05) is 69.3 Å². The highest BCUT2D eigenvalue weighted by atomic mass is 16.6. The van der Waals surface area contributed by atoms with Crippen LogP contribution in [0.15, 0.2) is 48.5 Å². The first-order chi connectivity index (χ1) is 16.3. The van der Waals surface area contributed by atoms with Crippen molar-refractivity contribution in [1.29, 1.82) is 0 Å². The summed E-state index contributed by atoms with van der Waals surface area (Å²) in [5.74, 6) is 1.40. The largest absolute Gasteiger partial charge is 0.496 e. The van der Waals surface area contributed by atoms with E-state index in [9.17, 15) is 9.59 Å². The number of Topliss-reactive ketones (excluding diaryl/α,β-unsaturated/α-hetero) is 1. The number of ketones is 1. The van der Waals surface area contributed by atoms with Crippen molar-refractivity contribution < 1.29 is 28.5 Å². The monoisotopic (exact) mass is 469 g/mol. The molecule has 1 heterocycles. The van der Waals surface area contributed by atoms with Gasteiger partial charge in [0.15, 0.2) is 5.78 Å². The molecule has 1 unspecified atom stereocenters. The molecule has 0 aliphatic carbocycles. The molecule has 1 fully saturated rings. The summed E-state index contributed by atoms with van der Waals surface area (Å²) in [5, 5.41) is 0. The molecule has 7 nitrogen and oxygen atoms in total. The molecule has 1 aliphatic heterocycles. The number of likely N-dealkylation sites (tertiary alicyclic amines) is 1. The van der Waals surface area contributed by atoms with Crippen LogP contribution in [-0.4, -0.2) is 55.8 Å². The zero-order valence-electron chi connectivity index (χ0n) is 20.5. The molecule has 2 aromatic carbocycles. The Morgan fingerprint density at radius 2 is 1.79 bits per heavy atom. The molecule has 0 radical (unpaired) electrons. The zero-order chi connectivity index (χ0) is 24.6. The maximum Gasteiger partial charge on any atom is 0.410 e. The number of methoxy groups -OCH3 is 1. The van der Waals surface area contributed by atoms with Gasteiger partial charge in [-0.3, -0.25) is 4.79 Å². The van der Waals surface area contributed by atoms with Gasteiger partial charge in [0.1, 0.15) is 17.1 Å². The lowest BCUT2D eigenvalue weighted by molar-refractivity contribution is -0.123. The number of amides is 1. The molecule has 0 N–H and O–H groups in total. The summed E-state index contributed by atoms with van der Waals surface area (Å²) in [6.45, 7) is 7.65. The standard InChI is InChI=1S/C27H35NO6/c1-27(2,3)34-26(30)28-15-14-23(24(29)18-28)20-10-12-22(13-11-20)33-17-7-16-32-19-21-8-5-6-9-25(21)31-4/h5-6,8-13,23H,7,14-19H2,1-4H3. The Hall–Kier alpha value is -3.06. The van der Waals surface area contributed by atoms with Gasteiger partial charge in [-0.2, -0.15) is 0 Å². The third-order valence-corrected chi connectivity index (χ3v) is 5.51. The fourth-order valence-electron chi connectivity index (χ4n) is 3.81. The van der Waals surface area contributed by atoms with Gasteiger partial charge in [-0.1, -0.05) is 30.3 Å². The number of piperidine rings is 1. The number of ether oxygens (including phenoxy) is 4. The zero-order valence-corrected chi connectivity index (χ0v) is 20.5. The molecule has 0 spiro atoms. The SMILES string of the molecule is COc1ccccc1COCCCOc1ccc(C2CCN(C(=O)OC(C)(C)C)CC2=O)cc1. The van der Waals surface area contributed by atoms with Crippen molar-refractivity contribution in [1.82, 2.24) is 4.90 Å². The molecular formula is C27H35NO6. The maximum atomic E-state index is 12.7. The Morgan fingerprint density at radius 3 is 2.47 bits per heavy atom. The molecule has 34 heavy (non-hydrogen) atoms. The van der Waals surface area contributed by atoms with Gasteiger partial charge < -0.3 is 23.8 Å². The van der Waals surface area contributed by atoms with E-state index in [1.165, 1.54) is 4.90 Å². The van der Waals surface area contributed by atoms with Crippen molar-refractivity contribution in [3.63, 3.8) is 0 Å². The third-order valence-electron chi connectivity index (χ3n) is 5.51. The van der Waals surface area contributed by atoms with Crippen LogP contribution in [0.4, 0.5) is 4.79 Å². The van der Waals surface area contributed by atoms with Gasteiger partial charge in [-0.05, 0) is 51.0 Å². The molecule has 1 aliphatic rings. The second-order valence-corrected chi connectivity index (χ2v) is 9.34. The van der Waals surface area contributed by atoms with Crippen LogP contribution in [0.3, 0.4) is 0 Å². The molecule has 1 atom stereocenters. The summed E-state index contributed by atoms with van der Waals surface area (Å²) >= 11 is 0. The van der Waals surface area contributed by atoms with Gasteiger partial charge in [-0.25, -0.2) is 4.79 Å². The first-order valence-corrected chi connectivity index (χ1v) is 11.7. The average Bonchev–Trinajstić information content (AvgIpc) is 2.81. The van der Waals surface area contributed by atoms with Crippen molar-refractivity contribution in [2.45, 2.75) is 51.7 Å². The second kappa shape index (κ2) is 11.9. The Bertz CT molecular complexity index is 950. The Labute approximate surface area is 201 Å². The quantitative estimate of drug-likeness (QED) is 0.483. The Morgan fingerprint density at radius 1 is 1.06 bits per heavy atom. The first kappa shape index (κ1) is 25.6. The second-order valence-electron chi connectivity index (χ2n) is 9.34. The lowest BCUT2D eigenvalue weighted by Gasteiger charge is -2.32. The van der Waals surface area contributed by atoms with Gasteiger partial charge in [0, 0.05) is 24.4 Å². The summed E-state index contributed by atoms with van der Waals surface area (Å²) in [4.78, 5) is 26.4.